The van der Waals surface area contributed by atoms with Crippen molar-refractivity contribution in [3.63, 3.8) is 0 Å². The zero-order valence-corrected chi connectivity index (χ0v) is 7.22. The first-order valence-corrected chi connectivity index (χ1v) is 4.07. The molecule has 0 aromatic rings. The van der Waals surface area contributed by atoms with Crippen molar-refractivity contribution in [2.24, 2.45) is 4.99 Å². The van der Waals surface area contributed by atoms with Gasteiger partial charge in [-0.3, -0.25) is 4.99 Å². The molecule has 0 unspecified atom stereocenters. The third-order valence-electron chi connectivity index (χ3n) is 1.02. The smallest absolute Gasteiger partial charge is 0.0724 e. The molecule has 9 heavy (non-hydrogen) atoms. The molecule has 0 fully saturated rings. The van der Waals surface area contributed by atoms with Crippen LogP contribution in [0.25, 0.3) is 0 Å². The monoisotopic (exact) mass is 163 g/mol. The molecule has 0 aliphatic rings. The van der Waals surface area contributed by atoms with Crippen molar-refractivity contribution in [2.75, 3.05) is 5.21 Å². The van der Waals surface area contributed by atoms with Crippen LogP contribution >= 0.6 is 23.4 Å². The van der Waals surface area contributed by atoms with Gasteiger partial charge in [-0.25, -0.2) is 0 Å². The van der Waals surface area contributed by atoms with E-state index in [1.54, 1.807) is 11.8 Å². The van der Waals surface area contributed by atoms with E-state index >= 15 is 0 Å². The third kappa shape index (κ3) is 3.60. The fraction of sp³-hybridized carbons (Fsp3) is 0.500. The summed E-state index contributed by atoms with van der Waals surface area (Å²) in [4.78, 5) is 4.90. The van der Waals surface area contributed by atoms with Crippen LogP contribution in [0.1, 0.15) is 13.8 Å². The molecule has 0 amide bonds. The van der Waals surface area contributed by atoms with Crippen molar-refractivity contribution < 1.29 is 0 Å². The molecule has 0 aliphatic heterocycles. The lowest BCUT2D eigenvalue weighted by molar-refractivity contribution is 1.29. The maximum Gasteiger partial charge on any atom is 0.0724 e. The Balaban J connectivity index is 3.93. The molecule has 52 valence electrons. The zero-order chi connectivity index (χ0) is 7.28. The summed E-state index contributed by atoms with van der Waals surface area (Å²) in [6, 6.07) is 0. The predicted octanol–water partition coefficient (Wildman–Crippen LogP) is 2.87. The normalized spacial score (nSPS) is 12.8. The summed E-state index contributed by atoms with van der Waals surface area (Å²) < 4.78 is 0. The molecule has 0 spiro atoms. The van der Waals surface area contributed by atoms with Crippen molar-refractivity contribution in [3.8, 4) is 0 Å². The second-order valence-corrected chi connectivity index (χ2v) is 3.33. The van der Waals surface area contributed by atoms with Crippen LogP contribution < -0.4 is 0 Å². The van der Waals surface area contributed by atoms with Crippen molar-refractivity contribution >= 4 is 30.1 Å². The highest BCUT2D eigenvalue weighted by Crippen LogP contribution is 2.19. The minimum Gasteiger partial charge on any atom is -0.269 e. The molecular weight excluding hydrogens is 154 g/mol. The molecule has 0 bridgehead atoms. The summed E-state index contributed by atoms with van der Waals surface area (Å²) in [5, 5.41) is 0.582. The van der Waals surface area contributed by atoms with Crippen LogP contribution in [0.4, 0.5) is 0 Å². The number of aliphatic imine (C=N–C) groups is 1. The van der Waals surface area contributed by atoms with Crippen LogP contribution in [-0.2, 0) is 0 Å². The highest BCUT2D eigenvalue weighted by Gasteiger charge is 1.91. The molecule has 0 atom stereocenters. The highest BCUT2D eigenvalue weighted by atomic mass is 35.5. The van der Waals surface area contributed by atoms with Gasteiger partial charge in [0.25, 0.3) is 0 Å². The summed E-state index contributed by atoms with van der Waals surface area (Å²) >= 11 is 7.04. The van der Waals surface area contributed by atoms with Crippen LogP contribution in [0.5, 0.6) is 0 Å². The Bertz CT molecular complexity index is 131. The Morgan fingerprint density at radius 3 is 2.56 bits per heavy atom. The standard InChI is InChI=1S/C6H10ClNS/c1-5(8-3)6(2)9-4-7/h3-4H2,1-2H3/b6-5-. The van der Waals surface area contributed by atoms with E-state index < -0.39 is 0 Å². The number of alkyl halides is 1. The minimum absolute atomic E-state index is 0.582. The SMILES string of the molecule is C=N/C(C)=C(/C)SCCl. The molecule has 0 aromatic heterocycles. The zero-order valence-electron chi connectivity index (χ0n) is 5.65. The van der Waals surface area contributed by atoms with E-state index in [0.717, 1.165) is 10.6 Å². The molecule has 0 saturated carbocycles. The predicted molar refractivity (Wildman–Crippen MR) is 46.2 cm³/mol. The van der Waals surface area contributed by atoms with Gasteiger partial charge in [0.2, 0.25) is 0 Å². The van der Waals surface area contributed by atoms with Crippen LogP contribution in [-0.4, -0.2) is 11.9 Å². The van der Waals surface area contributed by atoms with Crippen LogP contribution in [0.3, 0.4) is 0 Å². The Kier molecular flexibility index (Phi) is 4.91. The fourth-order valence-electron chi connectivity index (χ4n) is 0.298. The molecule has 0 radical (unpaired) electrons. The third-order valence-corrected chi connectivity index (χ3v) is 2.18. The van der Waals surface area contributed by atoms with Gasteiger partial charge in [-0.1, -0.05) is 0 Å². The Labute approximate surface area is 65.2 Å². The molecular formula is C6H10ClNS. The van der Waals surface area contributed by atoms with Gasteiger partial charge in [0.1, 0.15) is 0 Å². The summed E-state index contributed by atoms with van der Waals surface area (Å²) in [6.45, 7) is 7.30. The van der Waals surface area contributed by atoms with E-state index in [1.807, 2.05) is 13.8 Å². The first kappa shape index (κ1) is 9.05. The molecule has 0 rings (SSSR count). The Morgan fingerprint density at radius 1 is 1.67 bits per heavy atom. The summed E-state index contributed by atoms with van der Waals surface area (Å²) in [5.41, 5.74) is 0.959. The number of allylic oxidation sites excluding steroid dienone is 2. The lowest BCUT2D eigenvalue weighted by atomic mass is 10.5. The summed E-state index contributed by atoms with van der Waals surface area (Å²) in [5.74, 6) is 0. The number of hydrogen-bond acceptors (Lipinski definition) is 2. The second-order valence-electron chi connectivity index (χ2n) is 1.55. The van der Waals surface area contributed by atoms with Gasteiger partial charge in [-0.15, -0.1) is 23.4 Å². The van der Waals surface area contributed by atoms with Crippen molar-refractivity contribution in [1.82, 2.24) is 0 Å². The van der Waals surface area contributed by atoms with Crippen LogP contribution in [0.15, 0.2) is 15.6 Å². The van der Waals surface area contributed by atoms with Gasteiger partial charge in [-0.05, 0) is 20.6 Å². The van der Waals surface area contributed by atoms with Crippen molar-refractivity contribution in [2.45, 2.75) is 13.8 Å². The summed E-state index contributed by atoms with van der Waals surface area (Å²) in [6.07, 6.45) is 0. The molecule has 1 nitrogen and oxygen atoms in total. The molecule has 0 aromatic carbocycles. The van der Waals surface area contributed by atoms with Gasteiger partial charge < -0.3 is 0 Å². The van der Waals surface area contributed by atoms with E-state index in [2.05, 4.69) is 11.7 Å². The number of thioether (sulfide) groups is 1. The highest BCUT2D eigenvalue weighted by molar-refractivity contribution is 8.04. The molecule has 0 heterocycles. The van der Waals surface area contributed by atoms with E-state index in [0.29, 0.717) is 5.21 Å². The van der Waals surface area contributed by atoms with Gasteiger partial charge >= 0.3 is 0 Å². The minimum atomic E-state index is 0.582. The number of nitrogens with zero attached hydrogens (tertiary/aromatic N) is 1. The lowest BCUT2D eigenvalue weighted by Gasteiger charge is -1.97. The lowest BCUT2D eigenvalue weighted by Crippen LogP contribution is -1.74. The van der Waals surface area contributed by atoms with Gasteiger partial charge in [0, 0.05) is 10.6 Å². The average Bonchev–Trinajstić information content (AvgIpc) is 1.87. The molecule has 0 aliphatic carbocycles. The maximum atomic E-state index is 5.46. The first-order valence-electron chi connectivity index (χ1n) is 2.55. The van der Waals surface area contributed by atoms with Crippen molar-refractivity contribution in [1.29, 1.82) is 0 Å². The Hall–Kier alpha value is 0.0500. The molecule has 0 saturated heterocycles. The van der Waals surface area contributed by atoms with Crippen LogP contribution in [0.2, 0.25) is 0 Å². The van der Waals surface area contributed by atoms with E-state index in [9.17, 15) is 0 Å². The fourth-order valence-corrected chi connectivity index (χ4v) is 1.23. The van der Waals surface area contributed by atoms with E-state index in [1.165, 1.54) is 0 Å². The second kappa shape index (κ2) is 4.89. The number of rotatable bonds is 3. The summed E-state index contributed by atoms with van der Waals surface area (Å²) in [7, 11) is 0. The first-order chi connectivity index (χ1) is 4.22. The van der Waals surface area contributed by atoms with Crippen molar-refractivity contribution in [3.05, 3.63) is 10.6 Å². The van der Waals surface area contributed by atoms with Gasteiger partial charge in [0.05, 0.1) is 5.21 Å². The van der Waals surface area contributed by atoms with E-state index in [-0.39, 0.29) is 0 Å². The van der Waals surface area contributed by atoms with Gasteiger partial charge in [-0.2, -0.15) is 0 Å². The van der Waals surface area contributed by atoms with E-state index in [4.69, 9.17) is 11.6 Å². The number of hydrogen-bond donors (Lipinski definition) is 0. The largest absolute Gasteiger partial charge is 0.269 e. The Morgan fingerprint density at radius 2 is 2.22 bits per heavy atom. The molecule has 3 heteroatoms. The number of halogens is 1. The maximum absolute atomic E-state index is 5.46. The van der Waals surface area contributed by atoms with Gasteiger partial charge in [0.15, 0.2) is 0 Å². The quantitative estimate of drug-likeness (QED) is 0.461. The van der Waals surface area contributed by atoms with Crippen LogP contribution in [0, 0.1) is 0 Å². The molecule has 0 N–H and O–H groups in total. The topological polar surface area (TPSA) is 12.4 Å². The average molecular weight is 164 g/mol.